The summed E-state index contributed by atoms with van der Waals surface area (Å²) < 4.78 is 7.20. The predicted octanol–water partition coefficient (Wildman–Crippen LogP) is 2.40. The molecule has 0 radical (unpaired) electrons. The molecule has 3 rings (SSSR count). The van der Waals surface area contributed by atoms with E-state index in [1.165, 1.54) is 0 Å². The summed E-state index contributed by atoms with van der Waals surface area (Å²) in [6.07, 6.45) is 3.81. The molecule has 100 valence electrons. The normalized spacial score (nSPS) is 15.1. The number of rotatable bonds is 3. The second-order valence-electron chi connectivity index (χ2n) is 4.71. The van der Waals surface area contributed by atoms with Crippen molar-refractivity contribution in [2.24, 2.45) is 0 Å². The van der Waals surface area contributed by atoms with Crippen molar-refractivity contribution in [1.82, 2.24) is 14.7 Å². The van der Waals surface area contributed by atoms with Crippen molar-refractivity contribution in [3.63, 3.8) is 0 Å². The highest BCUT2D eigenvalue weighted by Gasteiger charge is 2.23. The minimum absolute atomic E-state index is 0.0255. The third-order valence-corrected chi connectivity index (χ3v) is 3.47. The van der Waals surface area contributed by atoms with E-state index in [-0.39, 0.29) is 5.91 Å². The quantitative estimate of drug-likeness (QED) is 0.850. The molecule has 0 spiro atoms. The van der Waals surface area contributed by atoms with Crippen LogP contribution in [0.5, 0.6) is 0 Å². The van der Waals surface area contributed by atoms with Crippen LogP contribution in [-0.4, -0.2) is 33.7 Å². The molecule has 0 saturated carbocycles. The van der Waals surface area contributed by atoms with E-state index in [2.05, 4.69) is 5.10 Å². The summed E-state index contributed by atoms with van der Waals surface area (Å²) in [6.45, 7) is 4.40. The van der Waals surface area contributed by atoms with Gasteiger partial charge >= 0.3 is 0 Å². The van der Waals surface area contributed by atoms with Crippen LogP contribution in [0, 0.1) is 0 Å². The molecule has 0 aromatic carbocycles. The lowest BCUT2D eigenvalue weighted by Crippen LogP contribution is -2.28. The van der Waals surface area contributed by atoms with Gasteiger partial charge in [0.25, 0.3) is 5.91 Å². The zero-order chi connectivity index (χ0) is 13.2. The van der Waals surface area contributed by atoms with Gasteiger partial charge in [-0.05, 0) is 31.9 Å². The van der Waals surface area contributed by atoms with Gasteiger partial charge in [0.2, 0.25) is 0 Å². The topological polar surface area (TPSA) is 51.3 Å². The summed E-state index contributed by atoms with van der Waals surface area (Å²) in [4.78, 5) is 14.2. The predicted molar refractivity (Wildman–Crippen MR) is 70.7 cm³/mol. The molecule has 1 aliphatic heterocycles. The Morgan fingerprint density at radius 2 is 2.21 bits per heavy atom. The number of furan rings is 1. The minimum Gasteiger partial charge on any atom is -0.463 e. The second-order valence-corrected chi connectivity index (χ2v) is 4.71. The van der Waals surface area contributed by atoms with Crippen molar-refractivity contribution >= 4 is 5.91 Å². The van der Waals surface area contributed by atoms with E-state index >= 15 is 0 Å². The van der Waals surface area contributed by atoms with Crippen LogP contribution in [0.2, 0.25) is 0 Å². The minimum atomic E-state index is 0.0255. The van der Waals surface area contributed by atoms with Gasteiger partial charge in [0, 0.05) is 25.7 Å². The van der Waals surface area contributed by atoms with Gasteiger partial charge in [-0.1, -0.05) is 0 Å². The number of aryl methyl sites for hydroxylation is 1. The fourth-order valence-corrected chi connectivity index (χ4v) is 2.47. The Morgan fingerprint density at radius 3 is 2.84 bits per heavy atom. The molecule has 1 fully saturated rings. The highest BCUT2D eigenvalue weighted by Crippen LogP contribution is 2.22. The summed E-state index contributed by atoms with van der Waals surface area (Å²) in [7, 11) is 0. The molecule has 2 aromatic heterocycles. The number of carbonyl (C=O) groups excluding carboxylic acids is 1. The number of likely N-dealkylation sites (tertiary alicyclic amines) is 1. The number of hydrogen-bond donors (Lipinski definition) is 0. The maximum atomic E-state index is 12.3. The third-order valence-electron chi connectivity index (χ3n) is 3.47. The fraction of sp³-hybridized carbons (Fsp3) is 0.429. The number of amides is 1. The summed E-state index contributed by atoms with van der Waals surface area (Å²) >= 11 is 0. The van der Waals surface area contributed by atoms with Crippen LogP contribution in [0.3, 0.4) is 0 Å². The average molecular weight is 259 g/mol. The van der Waals surface area contributed by atoms with Gasteiger partial charge < -0.3 is 9.32 Å². The van der Waals surface area contributed by atoms with Crippen LogP contribution in [0.4, 0.5) is 0 Å². The molecule has 19 heavy (non-hydrogen) atoms. The van der Waals surface area contributed by atoms with E-state index in [0.29, 0.717) is 12.2 Å². The first-order valence-electron chi connectivity index (χ1n) is 6.70. The second kappa shape index (κ2) is 4.91. The van der Waals surface area contributed by atoms with Crippen LogP contribution in [0.15, 0.2) is 28.9 Å². The smallest absolute Gasteiger partial charge is 0.274 e. The van der Waals surface area contributed by atoms with E-state index in [4.69, 9.17) is 4.42 Å². The molecular formula is C14H17N3O2. The standard InChI is InChI=1S/C14H17N3O2/c1-2-17-12(13-6-5-9-19-13)10-11(15-17)14(18)16-7-3-4-8-16/h5-6,9-10H,2-4,7-8H2,1H3. The maximum absolute atomic E-state index is 12.3. The van der Waals surface area contributed by atoms with Crippen LogP contribution < -0.4 is 0 Å². The molecule has 0 bridgehead atoms. The number of aromatic nitrogens is 2. The van der Waals surface area contributed by atoms with E-state index in [1.54, 1.807) is 6.26 Å². The van der Waals surface area contributed by atoms with Gasteiger partial charge in [-0.3, -0.25) is 9.48 Å². The number of nitrogens with zero attached hydrogens (tertiary/aromatic N) is 3. The Hall–Kier alpha value is -2.04. The van der Waals surface area contributed by atoms with Crippen molar-refractivity contribution in [1.29, 1.82) is 0 Å². The lowest BCUT2D eigenvalue weighted by atomic mass is 10.3. The van der Waals surface area contributed by atoms with Crippen molar-refractivity contribution in [3.05, 3.63) is 30.2 Å². The molecule has 5 heteroatoms. The molecular weight excluding hydrogens is 242 g/mol. The van der Waals surface area contributed by atoms with Crippen molar-refractivity contribution < 1.29 is 9.21 Å². The maximum Gasteiger partial charge on any atom is 0.274 e. The molecule has 0 unspecified atom stereocenters. The first-order valence-corrected chi connectivity index (χ1v) is 6.70. The van der Waals surface area contributed by atoms with Crippen LogP contribution in [0.1, 0.15) is 30.3 Å². The van der Waals surface area contributed by atoms with E-state index in [0.717, 1.165) is 37.4 Å². The summed E-state index contributed by atoms with van der Waals surface area (Å²) in [6, 6.07) is 5.54. The lowest BCUT2D eigenvalue weighted by molar-refractivity contribution is 0.0786. The lowest BCUT2D eigenvalue weighted by Gasteiger charge is -2.12. The van der Waals surface area contributed by atoms with E-state index < -0.39 is 0 Å². The number of hydrogen-bond acceptors (Lipinski definition) is 3. The zero-order valence-corrected chi connectivity index (χ0v) is 11.0. The Morgan fingerprint density at radius 1 is 1.42 bits per heavy atom. The molecule has 3 heterocycles. The summed E-state index contributed by atoms with van der Waals surface area (Å²) in [5, 5.41) is 4.39. The Balaban J connectivity index is 1.93. The van der Waals surface area contributed by atoms with Crippen LogP contribution >= 0.6 is 0 Å². The molecule has 0 N–H and O–H groups in total. The average Bonchev–Trinajstić information content (AvgIpc) is 3.16. The van der Waals surface area contributed by atoms with Crippen molar-refractivity contribution in [2.45, 2.75) is 26.3 Å². The van der Waals surface area contributed by atoms with Crippen molar-refractivity contribution in [2.75, 3.05) is 13.1 Å². The summed E-state index contributed by atoms with van der Waals surface area (Å²) in [5.41, 5.74) is 1.37. The van der Waals surface area contributed by atoms with Gasteiger partial charge in [-0.25, -0.2) is 0 Å². The highest BCUT2D eigenvalue weighted by atomic mass is 16.3. The van der Waals surface area contributed by atoms with Gasteiger partial charge in [0.1, 0.15) is 5.69 Å². The van der Waals surface area contributed by atoms with Crippen molar-refractivity contribution in [3.8, 4) is 11.5 Å². The highest BCUT2D eigenvalue weighted by molar-refractivity contribution is 5.93. The van der Waals surface area contributed by atoms with Crippen LogP contribution in [0.25, 0.3) is 11.5 Å². The molecule has 1 saturated heterocycles. The molecule has 1 aliphatic rings. The summed E-state index contributed by atoms with van der Waals surface area (Å²) in [5.74, 6) is 0.771. The van der Waals surface area contributed by atoms with Gasteiger partial charge in [0.15, 0.2) is 11.5 Å². The Bertz CT molecular complexity index is 566. The Labute approximate surface area is 111 Å². The third kappa shape index (κ3) is 2.16. The monoisotopic (exact) mass is 259 g/mol. The molecule has 0 aliphatic carbocycles. The largest absolute Gasteiger partial charge is 0.463 e. The zero-order valence-electron chi connectivity index (χ0n) is 11.0. The van der Waals surface area contributed by atoms with Gasteiger partial charge in [-0.15, -0.1) is 0 Å². The van der Waals surface area contributed by atoms with E-state index in [9.17, 15) is 4.79 Å². The number of carbonyl (C=O) groups is 1. The van der Waals surface area contributed by atoms with Crippen LogP contribution in [-0.2, 0) is 6.54 Å². The Kier molecular flexibility index (Phi) is 3.11. The molecule has 2 aromatic rings. The first-order chi connectivity index (χ1) is 9.29. The SMILES string of the molecule is CCn1nc(C(=O)N2CCCC2)cc1-c1ccco1. The first kappa shape index (κ1) is 12.0. The van der Waals surface area contributed by atoms with Gasteiger partial charge in [0.05, 0.1) is 6.26 Å². The van der Waals surface area contributed by atoms with E-state index in [1.807, 2.05) is 34.7 Å². The molecule has 0 atom stereocenters. The van der Waals surface area contributed by atoms with Gasteiger partial charge in [-0.2, -0.15) is 5.10 Å². The molecule has 1 amide bonds. The fourth-order valence-electron chi connectivity index (χ4n) is 2.47. The molecule has 5 nitrogen and oxygen atoms in total.